The number of nitrogens with one attached hydrogen (secondary N) is 2. The molecule has 126 valence electrons. The first-order valence-electron chi connectivity index (χ1n) is 6.90. The molecule has 0 aliphatic rings. The van der Waals surface area contributed by atoms with E-state index in [1.54, 1.807) is 6.07 Å². The first-order valence-corrected chi connectivity index (χ1v) is 8.53. The number of hydrogen-bond acceptors (Lipinski definition) is 5. The lowest BCUT2D eigenvalue weighted by Crippen LogP contribution is -2.33. The standard InChI is InChI=1S/C15H12F3N3OS2/c1-8-4-2-3-5-9(8)20-14-21-13-11(24-14)6-10(23-13)12(22)19-7-15(16,17)18/h2-6H,7H2,1H3,(H,19,22)(H,20,21). The van der Waals surface area contributed by atoms with Crippen molar-refractivity contribution < 1.29 is 18.0 Å². The molecule has 2 heterocycles. The van der Waals surface area contributed by atoms with Crippen molar-refractivity contribution >= 4 is 48.9 Å². The van der Waals surface area contributed by atoms with Gasteiger partial charge in [0, 0.05) is 5.69 Å². The van der Waals surface area contributed by atoms with E-state index in [-0.39, 0.29) is 4.88 Å². The Morgan fingerprint density at radius 3 is 2.67 bits per heavy atom. The quantitative estimate of drug-likeness (QED) is 0.699. The molecule has 3 aromatic rings. The number of carbonyl (C=O) groups excluding carboxylic acids is 1. The molecular formula is C15H12F3N3OS2. The summed E-state index contributed by atoms with van der Waals surface area (Å²) >= 11 is 2.42. The average Bonchev–Trinajstić information content (AvgIpc) is 3.04. The highest BCUT2D eigenvalue weighted by Gasteiger charge is 2.28. The third-order valence-electron chi connectivity index (χ3n) is 3.15. The lowest BCUT2D eigenvalue weighted by Gasteiger charge is -2.06. The zero-order valence-electron chi connectivity index (χ0n) is 12.4. The van der Waals surface area contributed by atoms with Crippen LogP contribution in [-0.2, 0) is 0 Å². The number of anilines is 2. The van der Waals surface area contributed by atoms with Crippen molar-refractivity contribution in [3.05, 3.63) is 40.8 Å². The Bertz CT molecular complexity index is 854. The first-order chi connectivity index (χ1) is 11.3. The second-order valence-electron chi connectivity index (χ2n) is 5.04. The number of benzene rings is 1. The van der Waals surface area contributed by atoms with Gasteiger partial charge in [0.1, 0.15) is 11.4 Å². The van der Waals surface area contributed by atoms with E-state index in [4.69, 9.17) is 0 Å². The number of aryl methyl sites for hydroxylation is 1. The van der Waals surface area contributed by atoms with Crippen LogP contribution in [0.15, 0.2) is 30.3 Å². The number of carbonyl (C=O) groups is 1. The number of amides is 1. The highest BCUT2D eigenvalue weighted by molar-refractivity contribution is 7.29. The second-order valence-corrected chi connectivity index (χ2v) is 7.10. The van der Waals surface area contributed by atoms with Crippen LogP contribution in [0.4, 0.5) is 24.0 Å². The normalized spacial score (nSPS) is 11.7. The third kappa shape index (κ3) is 3.85. The minimum absolute atomic E-state index is 0.218. The zero-order chi connectivity index (χ0) is 17.3. The highest BCUT2D eigenvalue weighted by atomic mass is 32.1. The number of thiophene rings is 1. The van der Waals surface area contributed by atoms with Gasteiger partial charge in [0.2, 0.25) is 0 Å². The number of rotatable bonds is 4. The van der Waals surface area contributed by atoms with Crippen LogP contribution in [0.3, 0.4) is 0 Å². The Balaban J connectivity index is 1.74. The highest BCUT2D eigenvalue weighted by Crippen LogP contribution is 2.34. The molecule has 0 aliphatic heterocycles. The minimum Gasteiger partial charge on any atom is -0.342 e. The van der Waals surface area contributed by atoms with Gasteiger partial charge in [-0.1, -0.05) is 29.5 Å². The van der Waals surface area contributed by atoms with E-state index in [1.165, 1.54) is 11.3 Å². The molecule has 0 saturated heterocycles. The maximum absolute atomic E-state index is 12.1. The monoisotopic (exact) mass is 371 g/mol. The van der Waals surface area contributed by atoms with Crippen LogP contribution in [0, 0.1) is 6.92 Å². The summed E-state index contributed by atoms with van der Waals surface area (Å²) in [7, 11) is 0. The largest absolute Gasteiger partial charge is 0.405 e. The molecule has 4 nitrogen and oxygen atoms in total. The van der Waals surface area contributed by atoms with Gasteiger partial charge < -0.3 is 10.6 Å². The molecule has 2 N–H and O–H groups in total. The van der Waals surface area contributed by atoms with Crippen molar-refractivity contribution in [3.8, 4) is 0 Å². The van der Waals surface area contributed by atoms with Crippen molar-refractivity contribution in [2.75, 3.05) is 11.9 Å². The molecule has 0 spiro atoms. The number of aromatic nitrogens is 1. The van der Waals surface area contributed by atoms with Gasteiger partial charge in [-0.25, -0.2) is 4.98 Å². The number of fused-ring (bicyclic) bond motifs is 1. The van der Waals surface area contributed by atoms with E-state index in [1.807, 2.05) is 36.5 Å². The maximum atomic E-state index is 12.1. The molecule has 9 heteroatoms. The summed E-state index contributed by atoms with van der Waals surface area (Å²) in [6, 6.07) is 9.32. The predicted octanol–water partition coefficient (Wildman–Crippen LogP) is 4.70. The fourth-order valence-corrected chi connectivity index (χ4v) is 4.04. The van der Waals surface area contributed by atoms with Crippen LogP contribution < -0.4 is 10.6 Å². The first kappa shape index (κ1) is 16.7. The van der Waals surface area contributed by atoms with Crippen molar-refractivity contribution in [3.63, 3.8) is 0 Å². The molecule has 3 rings (SSSR count). The molecule has 0 fully saturated rings. The lowest BCUT2D eigenvalue weighted by atomic mass is 10.2. The van der Waals surface area contributed by atoms with E-state index >= 15 is 0 Å². The summed E-state index contributed by atoms with van der Waals surface area (Å²) in [5, 5.41) is 5.74. The number of thiazole rings is 1. The lowest BCUT2D eigenvalue weighted by molar-refractivity contribution is -0.123. The summed E-state index contributed by atoms with van der Waals surface area (Å²) in [6.07, 6.45) is -4.42. The van der Waals surface area contributed by atoms with Crippen LogP contribution in [0.25, 0.3) is 9.53 Å². The molecule has 0 saturated carbocycles. The molecule has 1 aromatic carbocycles. The smallest absolute Gasteiger partial charge is 0.342 e. The molecule has 2 aromatic heterocycles. The van der Waals surface area contributed by atoms with Gasteiger partial charge in [0.05, 0.1) is 9.58 Å². The molecule has 0 bridgehead atoms. The van der Waals surface area contributed by atoms with Crippen molar-refractivity contribution in [2.24, 2.45) is 0 Å². The number of alkyl halides is 3. The molecule has 24 heavy (non-hydrogen) atoms. The van der Waals surface area contributed by atoms with Crippen LogP contribution >= 0.6 is 22.7 Å². The van der Waals surface area contributed by atoms with Gasteiger partial charge in [-0.05, 0) is 24.6 Å². The summed E-state index contributed by atoms with van der Waals surface area (Å²) < 4.78 is 37.2. The van der Waals surface area contributed by atoms with Gasteiger partial charge in [0.15, 0.2) is 5.13 Å². The SMILES string of the molecule is Cc1ccccc1Nc1nc2sc(C(=O)NCC(F)(F)F)cc2s1. The van der Waals surface area contributed by atoms with Crippen LogP contribution in [0.2, 0.25) is 0 Å². The molecule has 1 amide bonds. The number of halogens is 3. The third-order valence-corrected chi connectivity index (χ3v) is 5.22. The molecule has 0 radical (unpaired) electrons. The van der Waals surface area contributed by atoms with E-state index < -0.39 is 18.6 Å². The molecule has 0 unspecified atom stereocenters. The van der Waals surface area contributed by atoms with Crippen LogP contribution in [-0.4, -0.2) is 23.6 Å². The van der Waals surface area contributed by atoms with Crippen molar-refractivity contribution in [1.29, 1.82) is 0 Å². The summed E-state index contributed by atoms with van der Waals surface area (Å²) in [4.78, 5) is 17.0. The summed E-state index contributed by atoms with van der Waals surface area (Å²) in [5.41, 5.74) is 2.00. The number of nitrogens with zero attached hydrogens (tertiary/aromatic N) is 1. The summed E-state index contributed by atoms with van der Waals surface area (Å²) in [5.74, 6) is -0.740. The van der Waals surface area contributed by atoms with Gasteiger partial charge in [-0.3, -0.25) is 4.79 Å². The average molecular weight is 371 g/mol. The fourth-order valence-electron chi connectivity index (χ4n) is 2.00. The van der Waals surface area contributed by atoms with Crippen LogP contribution in [0.5, 0.6) is 0 Å². The topological polar surface area (TPSA) is 54.0 Å². The number of para-hydroxylation sites is 1. The number of hydrogen-bond donors (Lipinski definition) is 2. The maximum Gasteiger partial charge on any atom is 0.405 e. The van der Waals surface area contributed by atoms with E-state index in [0.29, 0.717) is 9.96 Å². The van der Waals surface area contributed by atoms with E-state index in [0.717, 1.165) is 27.3 Å². The molecular weight excluding hydrogens is 359 g/mol. The van der Waals surface area contributed by atoms with E-state index in [2.05, 4.69) is 10.3 Å². The van der Waals surface area contributed by atoms with Crippen LogP contribution in [0.1, 0.15) is 15.2 Å². The summed E-state index contributed by atoms with van der Waals surface area (Å²) in [6.45, 7) is 0.631. The molecule has 0 atom stereocenters. The Kier molecular flexibility index (Phi) is 4.46. The predicted molar refractivity (Wildman–Crippen MR) is 90.3 cm³/mol. The fraction of sp³-hybridized carbons (Fsp3) is 0.200. The Morgan fingerprint density at radius 1 is 1.25 bits per heavy atom. The van der Waals surface area contributed by atoms with Gasteiger partial charge in [0.25, 0.3) is 5.91 Å². The van der Waals surface area contributed by atoms with Crippen molar-refractivity contribution in [2.45, 2.75) is 13.1 Å². The van der Waals surface area contributed by atoms with Gasteiger partial charge in [-0.2, -0.15) is 13.2 Å². The van der Waals surface area contributed by atoms with Gasteiger partial charge >= 0.3 is 6.18 Å². The Morgan fingerprint density at radius 2 is 2.00 bits per heavy atom. The Hall–Kier alpha value is -2.13. The Labute approximate surface area is 143 Å². The second kappa shape index (κ2) is 6.40. The van der Waals surface area contributed by atoms with Crippen molar-refractivity contribution in [1.82, 2.24) is 10.3 Å². The molecule has 0 aliphatic carbocycles. The minimum atomic E-state index is -4.42. The van der Waals surface area contributed by atoms with E-state index in [9.17, 15) is 18.0 Å². The zero-order valence-corrected chi connectivity index (χ0v) is 14.0. The van der Waals surface area contributed by atoms with Gasteiger partial charge in [-0.15, -0.1) is 11.3 Å².